The lowest BCUT2D eigenvalue weighted by atomic mass is 10.0. The van der Waals surface area contributed by atoms with Gasteiger partial charge in [0.15, 0.2) is 23.9 Å². The largest absolute Gasteiger partial charge is 0.490 e. The maximum atomic E-state index is 12.7. The summed E-state index contributed by atoms with van der Waals surface area (Å²) in [4.78, 5) is 17.4. The van der Waals surface area contributed by atoms with Crippen LogP contribution in [-0.4, -0.2) is 29.0 Å². The minimum Gasteiger partial charge on any atom is -0.490 e. The van der Waals surface area contributed by atoms with Crippen molar-refractivity contribution in [3.8, 4) is 17.6 Å². The first kappa shape index (κ1) is 18.2. The van der Waals surface area contributed by atoms with Crippen LogP contribution >= 0.6 is 23.1 Å². The number of nitrogens with one attached hydrogen (secondary N) is 1. The van der Waals surface area contributed by atoms with E-state index in [0.29, 0.717) is 28.0 Å². The molecule has 8 heteroatoms. The number of ether oxygens (including phenoxy) is 2. The van der Waals surface area contributed by atoms with Crippen LogP contribution < -0.4 is 9.47 Å². The number of aromatic nitrogens is 1. The summed E-state index contributed by atoms with van der Waals surface area (Å²) in [5, 5.41) is 19.5. The first-order chi connectivity index (χ1) is 12.6. The zero-order chi connectivity index (χ0) is 18.5. The lowest BCUT2D eigenvalue weighted by Gasteiger charge is -2.10. The van der Waals surface area contributed by atoms with Crippen LogP contribution in [0.3, 0.4) is 0 Å². The van der Waals surface area contributed by atoms with Crippen molar-refractivity contribution in [2.45, 2.75) is 12.8 Å². The fourth-order valence-electron chi connectivity index (χ4n) is 2.45. The fraction of sp³-hybridized carbons (Fsp3) is 0.222. The topological polar surface area (TPSA) is 96.1 Å². The van der Waals surface area contributed by atoms with E-state index in [-0.39, 0.29) is 17.4 Å². The summed E-state index contributed by atoms with van der Waals surface area (Å²) in [7, 11) is 0. The average Bonchev–Trinajstić information content (AvgIpc) is 3.23. The highest BCUT2D eigenvalue weighted by Gasteiger charge is 2.38. The third kappa shape index (κ3) is 3.79. The van der Waals surface area contributed by atoms with Crippen LogP contribution in [0.15, 0.2) is 34.7 Å². The van der Waals surface area contributed by atoms with Crippen LogP contribution in [0.25, 0.3) is 6.08 Å². The molecule has 3 rings (SSSR count). The van der Waals surface area contributed by atoms with Gasteiger partial charge in [0.2, 0.25) is 0 Å². The van der Waals surface area contributed by atoms with E-state index in [1.54, 1.807) is 35.9 Å². The van der Waals surface area contributed by atoms with Crippen molar-refractivity contribution in [2.75, 3.05) is 13.2 Å². The van der Waals surface area contributed by atoms with Crippen molar-refractivity contribution in [2.24, 2.45) is 0 Å². The molecule has 1 aromatic heterocycles. The lowest BCUT2D eigenvalue weighted by Crippen LogP contribution is -2.11. The summed E-state index contributed by atoms with van der Waals surface area (Å²) >= 11 is 2.54. The zero-order valence-corrected chi connectivity index (χ0v) is 15.5. The lowest BCUT2D eigenvalue weighted by molar-refractivity contribution is -0.114. The molecule has 1 aliphatic rings. The van der Waals surface area contributed by atoms with Gasteiger partial charge >= 0.3 is 0 Å². The number of nitrogens with zero attached hydrogens (tertiary/aromatic N) is 2. The molecule has 2 heterocycles. The molecule has 132 valence electrons. The number of carbonyl (C=O) groups excluding carboxylic acids is 1. The fourth-order valence-corrected chi connectivity index (χ4v) is 4.26. The second kappa shape index (κ2) is 8.17. The number of nitriles is 1. The van der Waals surface area contributed by atoms with E-state index in [1.165, 1.54) is 11.3 Å². The predicted molar refractivity (Wildman–Crippen MR) is 102 cm³/mol. The Morgan fingerprint density at radius 1 is 1.38 bits per heavy atom. The van der Waals surface area contributed by atoms with Gasteiger partial charge in [0, 0.05) is 11.6 Å². The number of carbonyl (C=O) groups is 1. The molecule has 0 amide bonds. The molecule has 0 saturated carbocycles. The molecular weight excluding hydrogens is 370 g/mol. The summed E-state index contributed by atoms with van der Waals surface area (Å²) in [5.74, 6) is 0.280. The molecular formula is C18H15N3O3S2. The molecule has 1 aliphatic heterocycles. The molecule has 2 aromatic rings. The Morgan fingerprint density at radius 2 is 2.23 bits per heavy atom. The molecule has 0 radical (unpaired) electrons. The Balaban J connectivity index is 1.88. The van der Waals surface area contributed by atoms with Gasteiger partial charge in [-0.05, 0) is 30.7 Å². The summed E-state index contributed by atoms with van der Waals surface area (Å²) in [6.45, 7) is 2.24. The highest BCUT2D eigenvalue weighted by Crippen LogP contribution is 2.41. The van der Waals surface area contributed by atoms with Crippen molar-refractivity contribution >= 4 is 40.0 Å². The monoisotopic (exact) mass is 385 g/mol. The summed E-state index contributed by atoms with van der Waals surface area (Å²) in [5.41, 5.74) is 0.765. The molecule has 1 N–H and O–H groups in total. The molecule has 6 nitrogen and oxygen atoms in total. The van der Waals surface area contributed by atoms with E-state index in [0.717, 1.165) is 17.3 Å². The van der Waals surface area contributed by atoms with Gasteiger partial charge in [-0.15, -0.1) is 11.3 Å². The van der Waals surface area contributed by atoms with Crippen LogP contribution in [-0.2, 0) is 4.79 Å². The smallest absolute Gasteiger partial charge is 0.186 e. The molecule has 0 bridgehead atoms. The van der Waals surface area contributed by atoms with Crippen molar-refractivity contribution in [1.82, 2.24) is 4.98 Å². The van der Waals surface area contributed by atoms with Crippen LogP contribution in [0.5, 0.6) is 11.5 Å². The summed E-state index contributed by atoms with van der Waals surface area (Å²) in [6.07, 6.45) is 3.38. The van der Waals surface area contributed by atoms with Gasteiger partial charge in [0.25, 0.3) is 0 Å². The van der Waals surface area contributed by atoms with Crippen LogP contribution in [0.4, 0.5) is 0 Å². The summed E-state index contributed by atoms with van der Waals surface area (Å²) < 4.78 is 10.9. The van der Waals surface area contributed by atoms with E-state index < -0.39 is 5.92 Å². The molecule has 26 heavy (non-hydrogen) atoms. The zero-order valence-electron chi connectivity index (χ0n) is 13.9. The number of Topliss-reactive ketones (excluding diaryl/α,β-unsaturated/α-hetero) is 1. The van der Waals surface area contributed by atoms with Gasteiger partial charge in [0.1, 0.15) is 17.0 Å². The molecule has 0 spiro atoms. The van der Waals surface area contributed by atoms with E-state index in [1.807, 2.05) is 13.0 Å². The van der Waals surface area contributed by atoms with Gasteiger partial charge in [-0.1, -0.05) is 17.8 Å². The highest BCUT2D eigenvalue weighted by atomic mass is 32.2. The quantitative estimate of drug-likeness (QED) is 0.759. The Morgan fingerprint density at radius 3 is 2.92 bits per heavy atom. The van der Waals surface area contributed by atoms with Gasteiger partial charge in [-0.2, -0.15) is 5.26 Å². The third-order valence-corrected chi connectivity index (χ3v) is 5.38. The van der Waals surface area contributed by atoms with Gasteiger partial charge in [-0.25, -0.2) is 4.98 Å². The molecule has 1 fully saturated rings. The predicted octanol–water partition coefficient (Wildman–Crippen LogP) is 3.86. The van der Waals surface area contributed by atoms with E-state index in [9.17, 15) is 4.79 Å². The van der Waals surface area contributed by atoms with Crippen molar-refractivity contribution in [3.05, 3.63) is 45.3 Å². The molecule has 1 aromatic carbocycles. The highest BCUT2D eigenvalue weighted by molar-refractivity contribution is 8.19. The first-order valence-electron chi connectivity index (χ1n) is 7.82. The van der Waals surface area contributed by atoms with Crippen molar-refractivity contribution in [3.63, 3.8) is 0 Å². The third-order valence-electron chi connectivity index (χ3n) is 3.54. The van der Waals surface area contributed by atoms with Crippen molar-refractivity contribution < 1.29 is 14.3 Å². The normalized spacial score (nSPS) is 18.2. The van der Waals surface area contributed by atoms with E-state index in [4.69, 9.17) is 20.1 Å². The maximum absolute atomic E-state index is 12.7. The van der Waals surface area contributed by atoms with Crippen LogP contribution in [0.1, 0.15) is 23.4 Å². The second-order valence-electron chi connectivity index (χ2n) is 5.23. The van der Waals surface area contributed by atoms with Gasteiger partial charge in [-0.3, -0.25) is 10.2 Å². The van der Waals surface area contributed by atoms with Crippen molar-refractivity contribution in [1.29, 1.82) is 10.7 Å². The number of hydrogen-bond acceptors (Lipinski definition) is 8. The maximum Gasteiger partial charge on any atom is 0.186 e. The number of benzene rings is 1. The van der Waals surface area contributed by atoms with Crippen LogP contribution in [0, 0.1) is 16.7 Å². The Kier molecular flexibility index (Phi) is 5.71. The molecule has 1 atom stereocenters. The second-order valence-corrected chi connectivity index (χ2v) is 7.24. The van der Waals surface area contributed by atoms with Gasteiger partial charge in [0.05, 0.1) is 16.6 Å². The number of thiazole rings is 1. The van der Waals surface area contributed by atoms with Crippen LogP contribution in [0.2, 0.25) is 0 Å². The Labute approximate surface area is 159 Å². The summed E-state index contributed by atoms with van der Waals surface area (Å²) in [6, 6.07) is 7.18. The number of thioether (sulfide) groups is 1. The van der Waals surface area contributed by atoms with E-state index in [2.05, 4.69) is 4.98 Å². The molecule has 0 aliphatic carbocycles. The minimum absolute atomic E-state index is 0.0680. The SMILES string of the molecule is CCOc1cc(/C=C2\SC(=N)[C@H](c3nccs3)C2=O)ccc1OCC#N. The number of allylic oxidation sites excluding steroid dienone is 1. The molecule has 0 unspecified atom stereocenters. The van der Waals surface area contributed by atoms with Gasteiger partial charge < -0.3 is 9.47 Å². The standard InChI is InChI=1S/C18H15N3O3S2/c1-2-23-13-9-11(3-4-12(13)24-7-5-19)10-14-16(22)15(17(20)26-14)18-21-6-8-25-18/h3-4,6,8-10,15,20H,2,7H2,1H3/b14-10-,20-17?/t15-/m1/s1. The minimum atomic E-state index is -0.601. The molecule has 1 saturated heterocycles. The number of rotatable bonds is 6. The first-order valence-corrected chi connectivity index (χ1v) is 9.51. The van der Waals surface area contributed by atoms with E-state index >= 15 is 0 Å². The average molecular weight is 385 g/mol. The number of hydrogen-bond donors (Lipinski definition) is 1. The Bertz CT molecular complexity index is 901. The Hall–Kier alpha value is -2.63. The number of ketones is 1.